The van der Waals surface area contributed by atoms with Gasteiger partial charge in [0.2, 0.25) is 10.0 Å². The minimum absolute atomic E-state index is 0.0877. The molecule has 1 aliphatic rings. The standard InChI is InChI=1S/C12H19N3O2S2/c1-3-13-12-11(5-4-7-14-12)19(16,17)15(2)10-6-8-18-9-10/h4-5,7,10H,3,6,8-9H2,1-2H3,(H,13,14). The van der Waals surface area contributed by atoms with E-state index in [1.165, 1.54) is 4.31 Å². The van der Waals surface area contributed by atoms with Gasteiger partial charge in [-0.25, -0.2) is 13.4 Å². The van der Waals surface area contributed by atoms with Gasteiger partial charge in [-0.2, -0.15) is 16.1 Å². The molecule has 0 amide bonds. The van der Waals surface area contributed by atoms with Gasteiger partial charge >= 0.3 is 0 Å². The zero-order valence-electron chi connectivity index (χ0n) is 11.2. The second kappa shape index (κ2) is 6.11. The molecule has 19 heavy (non-hydrogen) atoms. The summed E-state index contributed by atoms with van der Waals surface area (Å²) < 4.78 is 26.8. The molecular formula is C12H19N3O2S2. The van der Waals surface area contributed by atoms with Crippen molar-refractivity contribution < 1.29 is 8.42 Å². The van der Waals surface area contributed by atoms with E-state index < -0.39 is 10.0 Å². The number of sulfonamides is 1. The molecule has 0 aromatic carbocycles. The molecule has 1 unspecified atom stereocenters. The number of anilines is 1. The Morgan fingerprint density at radius 1 is 1.58 bits per heavy atom. The molecule has 106 valence electrons. The molecule has 1 atom stereocenters. The van der Waals surface area contributed by atoms with E-state index in [2.05, 4.69) is 10.3 Å². The number of rotatable bonds is 5. The van der Waals surface area contributed by atoms with Gasteiger partial charge in [0.1, 0.15) is 10.7 Å². The van der Waals surface area contributed by atoms with Crippen molar-refractivity contribution in [1.82, 2.24) is 9.29 Å². The number of nitrogens with one attached hydrogen (secondary N) is 1. The van der Waals surface area contributed by atoms with E-state index in [0.717, 1.165) is 17.9 Å². The lowest BCUT2D eigenvalue weighted by molar-refractivity contribution is 0.394. The molecule has 0 bridgehead atoms. The van der Waals surface area contributed by atoms with Crippen LogP contribution < -0.4 is 5.32 Å². The summed E-state index contributed by atoms with van der Waals surface area (Å²) >= 11 is 1.80. The molecule has 0 radical (unpaired) electrons. The molecule has 2 rings (SSSR count). The maximum Gasteiger partial charge on any atom is 0.246 e. The van der Waals surface area contributed by atoms with Crippen molar-refractivity contribution in [1.29, 1.82) is 0 Å². The lowest BCUT2D eigenvalue weighted by Crippen LogP contribution is -2.37. The zero-order valence-corrected chi connectivity index (χ0v) is 12.8. The summed E-state index contributed by atoms with van der Waals surface area (Å²) in [5, 5.41) is 3.01. The molecule has 5 nitrogen and oxygen atoms in total. The number of pyridine rings is 1. The summed E-state index contributed by atoms with van der Waals surface area (Å²) in [6.45, 7) is 2.56. The predicted molar refractivity (Wildman–Crippen MR) is 79.1 cm³/mol. The molecule has 1 N–H and O–H groups in total. The highest BCUT2D eigenvalue weighted by atomic mass is 32.2. The zero-order chi connectivity index (χ0) is 13.9. The van der Waals surface area contributed by atoms with Crippen LogP contribution in [0.5, 0.6) is 0 Å². The van der Waals surface area contributed by atoms with Crippen LogP contribution in [0.2, 0.25) is 0 Å². The fraction of sp³-hybridized carbons (Fsp3) is 0.583. The lowest BCUT2D eigenvalue weighted by Gasteiger charge is -2.24. The summed E-state index contributed by atoms with van der Waals surface area (Å²) in [6, 6.07) is 3.36. The molecule has 1 saturated heterocycles. The van der Waals surface area contributed by atoms with Gasteiger partial charge < -0.3 is 5.32 Å². The average molecular weight is 301 g/mol. The number of hydrogen-bond donors (Lipinski definition) is 1. The number of hydrogen-bond acceptors (Lipinski definition) is 5. The Labute approximate surface area is 118 Å². The molecule has 0 saturated carbocycles. The third kappa shape index (κ3) is 3.04. The Bertz CT molecular complexity index is 528. The Morgan fingerprint density at radius 3 is 3.00 bits per heavy atom. The Kier molecular flexibility index (Phi) is 4.70. The SMILES string of the molecule is CCNc1ncccc1S(=O)(=O)N(C)C1CCSC1. The van der Waals surface area contributed by atoms with Crippen molar-refractivity contribution in [2.75, 3.05) is 30.4 Å². The molecular weight excluding hydrogens is 282 g/mol. The van der Waals surface area contributed by atoms with E-state index >= 15 is 0 Å². The molecule has 0 spiro atoms. The number of aromatic nitrogens is 1. The number of nitrogens with zero attached hydrogens (tertiary/aromatic N) is 2. The maximum absolute atomic E-state index is 12.7. The van der Waals surface area contributed by atoms with Gasteiger partial charge in [-0.3, -0.25) is 0 Å². The fourth-order valence-electron chi connectivity index (χ4n) is 2.06. The van der Waals surface area contributed by atoms with Crippen molar-refractivity contribution in [3.63, 3.8) is 0 Å². The Balaban J connectivity index is 2.33. The first-order chi connectivity index (χ1) is 9.07. The monoisotopic (exact) mass is 301 g/mol. The fourth-order valence-corrected chi connectivity index (χ4v) is 4.92. The van der Waals surface area contributed by atoms with E-state index in [1.54, 1.807) is 37.1 Å². The first kappa shape index (κ1) is 14.6. The van der Waals surface area contributed by atoms with E-state index in [1.807, 2.05) is 6.92 Å². The highest BCUT2D eigenvalue weighted by Gasteiger charge is 2.32. The molecule has 7 heteroatoms. The summed E-state index contributed by atoms with van der Waals surface area (Å²) in [5.41, 5.74) is 0. The second-order valence-electron chi connectivity index (χ2n) is 4.42. The molecule has 1 aliphatic heterocycles. The summed E-state index contributed by atoms with van der Waals surface area (Å²) in [6.07, 6.45) is 2.51. The quantitative estimate of drug-likeness (QED) is 0.896. The Hall–Kier alpha value is -0.790. The van der Waals surface area contributed by atoms with Crippen molar-refractivity contribution >= 4 is 27.6 Å². The van der Waals surface area contributed by atoms with Gasteiger partial charge in [0.25, 0.3) is 0 Å². The number of thioether (sulfide) groups is 1. The predicted octanol–water partition coefficient (Wildman–Crippen LogP) is 1.64. The van der Waals surface area contributed by atoms with Crippen LogP contribution in [0.1, 0.15) is 13.3 Å². The van der Waals surface area contributed by atoms with Gasteiger partial charge in [-0.05, 0) is 31.2 Å². The normalized spacial score (nSPS) is 19.8. The van der Waals surface area contributed by atoms with Crippen LogP contribution in [0.3, 0.4) is 0 Å². The van der Waals surface area contributed by atoms with Crippen LogP contribution in [-0.4, -0.2) is 48.8 Å². The van der Waals surface area contributed by atoms with Gasteiger partial charge in [-0.15, -0.1) is 0 Å². The second-order valence-corrected chi connectivity index (χ2v) is 7.53. The van der Waals surface area contributed by atoms with E-state index in [0.29, 0.717) is 12.4 Å². The smallest absolute Gasteiger partial charge is 0.246 e. The largest absolute Gasteiger partial charge is 0.369 e. The van der Waals surface area contributed by atoms with Gasteiger partial charge in [0, 0.05) is 31.6 Å². The first-order valence-electron chi connectivity index (χ1n) is 6.32. The van der Waals surface area contributed by atoms with Crippen LogP contribution in [-0.2, 0) is 10.0 Å². The third-order valence-electron chi connectivity index (χ3n) is 3.19. The minimum atomic E-state index is -3.48. The van der Waals surface area contributed by atoms with E-state index in [9.17, 15) is 8.42 Å². The van der Waals surface area contributed by atoms with Crippen molar-refractivity contribution in [3.8, 4) is 0 Å². The molecule has 1 aromatic rings. The average Bonchev–Trinajstić information content (AvgIpc) is 2.92. The van der Waals surface area contributed by atoms with Gasteiger partial charge in [0.05, 0.1) is 0 Å². The molecule has 0 aliphatic carbocycles. The Morgan fingerprint density at radius 2 is 2.37 bits per heavy atom. The molecule has 2 heterocycles. The summed E-state index contributed by atoms with van der Waals surface area (Å²) in [4.78, 5) is 4.38. The van der Waals surface area contributed by atoms with E-state index in [-0.39, 0.29) is 10.9 Å². The highest BCUT2D eigenvalue weighted by Crippen LogP contribution is 2.28. The van der Waals surface area contributed by atoms with E-state index in [4.69, 9.17) is 0 Å². The van der Waals surface area contributed by atoms with Gasteiger partial charge in [-0.1, -0.05) is 0 Å². The summed E-state index contributed by atoms with van der Waals surface area (Å²) in [7, 11) is -1.82. The van der Waals surface area contributed by atoms with Crippen LogP contribution in [0.25, 0.3) is 0 Å². The topological polar surface area (TPSA) is 62.3 Å². The van der Waals surface area contributed by atoms with Crippen LogP contribution >= 0.6 is 11.8 Å². The van der Waals surface area contributed by atoms with Crippen LogP contribution in [0.15, 0.2) is 23.2 Å². The van der Waals surface area contributed by atoms with Crippen molar-refractivity contribution in [2.45, 2.75) is 24.3 Å². The first-order valence-corrected chi connectivity index (χ1v) is 8.91. The maximum atomic E-state index is 12.7. The summed E-state index contributed by atoms with van der Waals surface area (Å²) in [5.74, 6) is 2.33. The van der Waals surface area contributed by atoms with Crippen LogP contribution in [0.4, 0.5) is 5.82 Å². The minimum Gasteiger partial charge on any atom is -0.369 e. The van der Waals surface area contributed by atoms with Crippen LogP contribution in [0, 0.1) is 0 Å². The van der Waals surface area contributed by atoms with Crippen molar-refractivity contribution in [3.05, 3.63) is 18.3 Å². The third-order valence-corrected chi connectivity index (χ3v) is 6.28. The van der Waals surface area contributed by atoms with Crippen molar-refractivity contribution in [2.24, 2.45) is 0 Å². The molecule has 1 aromatic heterocycles. The molecule has 1 fully saturated rings. The lowest BCUT2D eigenvalue weighted by atomic mass is 10.3. The van der Waals surface area contributed by atoms with Gasteiger partial charge in [0.15, 0.2) is 0 Å². The highest BCUT2D eigenvalue weighted by molar-refractivity contribution is 7.99.